The number of rotatable bonds is 3. The van der Waals surface area contributed by atoms with E-state index in [1.165, 1.54) is 4.31 Å². The molecule has 0 spiro atoms. The molecule has 25 heavy (non-hydrogen) atoms. The van der Waals surface area contributed by atoms with Gasteiger partial charge in [-0.05, 0) is 38.1 Å². The molecule has 0 bridgehead atoms. The summed E-state index contributed by atoms with van der Waals surface area (Å²) in [4.78, 5) is 5.70. The molecule has 0 aliphatic carbocycles. The third kappa shape index (κ3) is 4.06. The van der Waals surface area contributed by atoms with Gasteiger partial charge >= 0.3 is 6.18 Å². The number of alkyl halides is 3. The first-order valence-corrected chi connectivity index (χ1v) is 9.77. The molecule has 140 valence electrons. The van der Waals surface area contributed by atoms with Gasteiger partial charge in [-0.25, -0.2) is 13.4 Å². The highest BCUT2D eigenvalue weighted by Crippen LogP contribution is 2.31. The standard InChI is InChI=1S/C15H21F3N4O2S/c16-15(17,18)12-1-6-20-14(11-12)21-7-9-22(10-8-21)25(23,24)13-2-4-19-5-3-13/h1,6,11,13,19H,2-5,7-10H2. The molecule has 0 atom stereocenters. The van der Waals surface area contributed by atoms with Crippen LogP contribution in [-0.2, 0) is 16.2 Å². The molecule has 1 N–H and O–H groups in total. The Morgan fingerprint density at radius 2 is 1.76 bits per heavy atom. The van der Waals surface area contributed by atoms with E-state index in [1.807, 2.05) is 0 Å². The van der Waals surface area contributed by atoms with Crippen LogP contribution in [0.4, 0.5) is 19.0 Å². The molecule has 10 heteroatoms. The second kappa shape index (κ2) is 7.08. The fraction of sp³-hybridized carbons (Fsp3) is 0.667. The summed E-state index contributed by atoms with van der Waals surface area (Å²) < 4.78 is 65.3. The van der Waals surface area contributed by atoms with Crippen molar-refractivity contribution in [2.24, 2.45) is 0 Å². The molecule has 0 unspecified atom stereocenters. The van der Waals surface area contributed by atoms with Crippen LogP contribution in [0.1, 0.15) is 18.4 Å². The van der Waals surface area contributed by atoms with Gasteiger partial charge in [-0.3, -0.25) is 0 Å². The van der Waals surface area contributed by atoms with E-state index < -0.39 is 21.8 Å². The summed E-state index contributed by atoms with van der Waals surface area (Å²) in [6.45, 7) is 2.58. The van der Waals surface area contributed by atoms with Crippen molar-refractivity contribution in [3.63, 3.8) is 0 Å². The number of piperidine rings is 1. The average Bonchev–Trinajstić information content (AvgIpc) is 2.62. The number of anilines is 1. The zero-order valence-electron chi connectivity index (χ0n) is 13.7. The van der Waals surface area contributed by atoms with Crippen LogP contribution in [0.5, 0.6) is 0 Å². The third-order valence-corrected chi connectivity index (χ3v) is 7.10. The quantitative estimate of drug-likeness (QED) is 0.859. The molecule has 6 nitrogen and oxygen atoms in total. The van der Waals surface area contributed by atoms with Gasteiger partial charge in [0.05, 0.1) is 10.8 Å². The molecule has 1 aromatic heterocycles. The van der Waals surface area contributed by atoms with E-state index in [9.17, 15) is 21.6 Å². The Kier molecular flexibility index (Phi) is 5.21. The molecule has 1 aromatic rings. The molecular weight excluding hydrogens is 357 g/mol. The Labute approximate surface area is 145 Å². The Morgan fingerprint density at radius 3 is 2.36 bits per heavy atom. The summed E-state index contributed by atoms with van der Waals surface area (Å²) in [5.74, 6) is 0.230. The van der Waals surface area contributed by atoms with Gasteiger partial charge < -0.3 is 10.2 Å². The minimum Gasteiger partial charge on any atom is -0.354 e. The largest absolute Gasteiger partial charge is 0.416 e. The lowest BCUT2D eigenvalue weighted by atomic mass is 10.2. The number of pyridine rings is 1. The Hall–Kier alpha value is -1.39. The van der Waals surface area contributed by atoms with Crippen LogP contribution in [-0.4, -0.2) is 62.2 Å². The van der Waals surface area contributed by atoms with E-state index in [1.54, 1.807) is 4.90 Å². The van der Waals surface area contributed by atoms with Gasteiger partial charge in [0.15, 0.2) is 0 Å². The topological polar surface area (TPSA) is 65.5 Å². The Balaban J connectivity index is 1.66. The lowest BCUT2D eigenvalue weighted by Crippen LogP contribution is -2.52. The normalized spacial score (nSPS) is 21.5. The summed E-state index contributed by atoms with van der Waals surface area (Å²) in [6, 6.07) is 1.94. The van der Waals surface area contributed by atoms with E-state index in [0.717, 1.165) is 18.3 Å². The van der Waals surface area contributed by atoms with Gasteiger partial charge in [0.1, 0.15) is 5.82 Å². The van der Waals surface area contributed by atoms with Gasteiger partial charge in [0, 0.05) is 32.4 Å². The number of hydrogen-bond acceptors (Lipinski definition) is 5. The molecule has 2 aliphatic heterocycles. The molecule has 2 aliphatic rings. The zero-order chi connectivity index (χ0) is 18.1. The van der Waals surface area contributed by atoms with Gasteiger partial charge in [-0.1, -0.05) is 0 Å². The van der Waals surface area contributed by atoms with Gasteiger partial charge in [-0.15, -0.1) is 0 Å². The Bertz CT molecular complexity index is 697. The number of nitrogens with one attached hydrogen (secondary N) is 1. The maximum Gasteiger partial charge on any atom is 0.416 e. The van der Waals surface area contributed by atoms with Crippen LogP contribution in [0.25, 0.3) is 0 Å². The fourth-order valence-corrected chi connectivity index (χ4v) is 5.17. The monoisotopic (exact) mass is 378 g/mol. The van der Waals surface area contributed by atoms with Crippen molar-refractivity contribution in [3.05, 3.63) is 23.9 Å². The van der Waals surface area contributed by atoms with Crippen LogP contribution < -0.4 is 10.2 Å². The predicted octanol–water partition coefficient (Wildman–Crippen LogP) is 1.30. The molecule has 3 heterocycles. The van der Waals surface area contributed by atoms with Crippen LogP contribution >= 0.6 is 0 Å². The number of sulfonamides is 1. The van der Waals surface area contributed by atoms with Crippen molar-refractivity contribution in [2.75, 3.05) is 44.2 Å². The van der Waals surface area contributed by atoms with Gasteiger partial charge in [0.25, 0.3) is 0 Å². The van der Waals surface area contributed by atoms with Crippen LogP contribution in [0.2, 0.25) is 0 Å². The smallest absolute Gasteiger partial charge is 0.354 e. The minimum absolute atomic E-state index is 0.230. The molecule has 0 amide bonds. The maximum atomic E-state index is 12.8. The van der Waals surface area contributed by atoms with Crippen molar-refractivity contribution in [3.8, 4) is 0 Å². The number of hydrogen-bond donors (Lipinski definition) is 1. The fourth-order valence-electron chi connectivity index (χ4n) is 3.24. The first kappa shape index (κ1) is 18.4. The van der Waals surface area contributed by atoms with Crippen molar-refractivity contribution < 1.29 is 21.6 Å². The maximum absolute atomic E-state index is 12.8. The summed E-state index contributed by atoms with van der Waals surface area (Å²) in [5, 5.41) is 2.78. The number of piperazine rings is 1. The summed E-state index contributed by atoms with van der Waals surface area (Å²) in [5.41, 5.74) is -0.748. The van der Waals surface area contributed by atoms with Crippen molar-refractivity contribution in [1.82, 2.24) is 14.6 Å². The SMILES string of the molecule is O=S(=O)(C1CCNCC1)N1CCN(c2cc(C(F)(F)F)ccn2)CC1. The predicted molar refractivity (Wildman–Crippen MR) is 87.8 cm³/mol. The highest BCUT2D eigenvalue weighted by atomic mass is 32.2. The molecule has 0 aromatic carbocycles. The van der Waals surface area contributed by atoms with E-state index >= 15 is 0 Å². The lowest BCUT2D eigenvalue weighted by molar-refractivity contribution is -0.137. The highest BCUT2D eigenvalue weighted by Gasteiger charge is 2.36. The van der Waals surface area contributed by atoms with Crippen LogP contribution in [0.15, 0.2) is 18.3 Å². The first-order chi connectivity index (χ1) is 11.8. The first-order valence-electron chi connectivity index (χ1n) is 8.26. The molecule has 0 radical (unpaired) electrons. The molecule has 2 saturated heterocycles. The summed E-state index contributed by atoms with van der Waals surface area (Å²) >= 11 is 0. The minimum atomic E-state index is -4.42. The molecular formula is C15H21F3N4O2S. The third-order valence-electron chi connectivity index (χ3n) is 4.70. The number of halogens is 3. The second-order valence-electron chi connectivity index (χ2n) is 6.28. The molecule has 2 fully saturated rings. The van der Waals surface area contributed by atoms with E-state index in [2.05, 4.69) is 10.3 Å². The van der Waals surface area contributed by atoms with E-state index in [-0.39, 0.29) is 24.2 Å². The molecule has 3 rings (SSSR count). The van der Waals surface area contributed by atoms with E-state index in [0.29, 0.717) is 39.0 Å². The number of aromatic nitrogens is 1. The summed E-state index contributed by atoms with van der Waals surface area (Å²) in [6.07, 6.45) is -2.09. The van der Waals surface area contributed by atoms with Crippen LogP contribution in [0.3, 0.4) is 0 Å². The zero-order valence-corrected chi connectivity index (χ0v) is 14.5. The van der Waals surface area contributed by atoms with Crippen molar-refractivity contribution in [1.29, 1.82) is 0 Å². The Morgan fingerprint density at radius 1 is 1.12 bits per heavy atom. The summed E-state index contributed by atoms with van der Waals surface area (Å²) in [7, 11) is -3.36. The van der Waals surface area contributed by atoms with Gasteiger partial charge in [0.2, 0.25) is 10.0 Å². The highest BCUT2D eigenvalue weighted by molar-refractivity contribution is 7.89. The average molecular weight is 378 g/mol. The molecule has 0 saturated carbocycles. The van der Waals surface area contributed by atoms with E-state index in [4.69, 9.17) is 0 Å². The lowest BCUT2D eigenvalue weighted by Gasteiger charge is -2.37. The second-order valence-corrected chi connectivity index (χ2v) is 8.49. The van der Waals surface area contributed by atoms with Gasteiger partial charge in [-0.2, -0.15) is 17.5 Å². The van der Waals surface area contributed by atoms with Crippen LogP contribution in [0, 0.1) is 0 Å². The number of nitrogens with zero attached hydrogens (tertiary/aromatic N) is 3. The van der Waals surface area contributed by atoms with Crippen molar-refractivity contribution in [2.45, 2.75) is 24.3 Å². The van der Waals surface area contributed by atoms with Crippen molar-refractivity contribution >= 4 is 15.8 Å².